The Kier molecular flexibility index (Phi) is 6.69. The minimum Gasteiger partial charge on any atom is -0.494 e. The van der Waals surface area contributed by atoms with Crippen LogP contribution >= 0.6 is 0 Å². The summed E-state index contributed by atoms with van der Waals surface area (Å²) in [4.78, 5) is 11.7. The Labute approximate surface area is 212 Å². The predicted octanol–water partition coefficient (Wildman–Crippen LogP) is 4.91. The van der Waals surface area contributed by atoms with E-state index in [1.165, 1.54) is 22.9 Å². The highest BCUT2D eigenvalue weighted by molar-refractivity contribution is 5.98. The lowest BCUT2D eigenvalue weighted by Gasteiger charge is -2.17. The number of aryl methyl sites for hydroxylation is 3. The number of likely N-dealkylation sites (N-methyl/N-ethyl adjacent to an activating group) is 1. The van der Waals surface area contributed by atoms with Gasteiger partial charge in [0.25, 0.3) is 0 Å². The molecule has 188 valence electrons. The summed E-state index contributed by atoms with van der Waals surface area (Å²) in [5.74, 6) is 1.19. The summed E-state index contributed by atoms with van der Waals surface area (Å²) in [6.07, 6.45) is 7.32. The lowest BCUT2D eigenvalue weighted by molar-refractivity contribution is 0.416. The van der Waals surface area contributed by atoms with Crippen LogP contribution in [0.15, 0.2) is 42.7 Å². The topological polar surface area (TPSA) is 93.3 Å². The molecule has 0 radical (unpaired) electrons. The molecular formula is C28H35N7O. The normalized spacial score (nSPS) is 12.8. The minimum absolute atomic E-state index is 0.514. The molecule has 1 aliphatic rings. The van der Waals surface area contributed by atoms with E-state index in [2.05, 4.69) is 56.4 Å². The Balaban J connectivity index is 1.49. The molecule has 1 aliphatic heterocycles. The fourth-order valence-electron chi connectivity index (χ4n) is 4.95. The minimum atomic E-state index is 0.514. The molecule has 0 amide bonds. The highest BCUT2D eigenvalue weighted by Crippen LogP contribution is 2.38. The van der Waals surface area contributed by atoms with Crippen LogP contribution in [-0.2, 0) is 19.4 Å². The van der Waals surface area contributed by atoms with E-state index < -0.39 is 0 Å². The molecule has 0 aliphatic carbocycles. The van der Waals surface area contributed by atoms with E-state index in [0.717, 1.165) is 60.7 Å². The van der Waals surface area contributed by atoms with E-state index in [4.69, 9.17) is 15.5 Å². The Morgan fingerprint density at radius 3 is 2.83 bits per heavy atom. The maximum atomic E-state index is 6.37. The van der Waals surface area contributed by atoms with Crippen LogP contribution in [-0.4, -0.2) is 53.7 Å². The first-order valence-corrected chi connectivity index (χ1v) is 12.6. The number of anilines is 4. The zero-order valence-corrected chi connectivity index (χ0v) is 21.6. The zero-order chi connectivity index (χ0) is 25.2. The largest absolute Gasteiger partial charge is 0.494 e. The molecule has 0 fully saturated rings. The Bertz CT molecular complexity index is 1390. The van der Waals surface area contributed by atoms with Crippen molar-refractivity contribution < 1.29 is 4.74 Å². The zero-order valence-electron chi connectivity index (χ0n) is 21.6. The van der Waals surface area contributed by atoms with Crippen molar-refractivity contribution >= 4 is 33.9 Å². The first-order chi connectivity index (χ1) is 17.5. The Hall–Kier alpha value is -3.78. The van der Waals surface area contributed by atoms with Crippen molar-refractivity contribution in [2.45, 2.75) is 32.7 Å². The molecule has 3 heterocycles. The van der Waals surface area contributed by atoms with Gasteiger partial charge in [-0.1, -0.05) is 25.1 Å². The molecule has 0 spiro atoms. The smallest absolute Gasteiger partial charge is 0.227 e. The van der Waals surface area contributed by atoms with Crippen LogP contribution in [0.4, 0.5) is 23.0 Å². The van der Waals surface area contributed by atoms with Gasteiger partial charge in [-0.2, -0.15) is 0 Å². The Morgan fingerprint density at radius 2 is 2.06 bits per heavy atom. The van der Waals surface area contributed by atoms with E-state index in [0.29, 0.717) is 17.4 Å². The molecule has 0 atom stereocenters. The molecule has 0 bridgehead atoms. The number of methoxy groups -OCH3 is 1. The van der Waals surface area contributed by atoms with Crippen molar-refractivity contribution in [3.63, 3.8) is 0 Å². The molecule has 0 unspecified atom stereocenters. The lowest BCUT2D eigenvalue weighted by atomic mass is 10.0. The molecule has 4 N–H and O–H groups in total. The van der Waals surface area contributed by atoms with Gasteiger partial charge in [0.1, 0.15) is 5.75 Å². The highest BCUT2D eigenvalue weighted by Gasteiger charge is 2.20. The van der Waals surface area contributed by atoms with Crippen LogP contribution in [0.2, 0.25) is 0 Å². The van der Waals surface area contributed by atoms with Crippen LogP contribution in [0.5, 0.6) is 5.75 Å². The number of nitrogens with zero attached hydrogens (tertiary/aromatic N) is 4. The molecule has 4 aromatic rings. The van der Waals surface area contributed by atoms with E-state index in [-0.39, 0.29) is 0 Å². The Morgan fingerprint density at radius 1 is 1.19 bits per heavy atom. The van der Waals surface area contributed by atoms with Crippen molar-refractivity contribution in [2.75, 3.05) is 50.7 Å². The molecule has 8 nitrogen and oxygen atoms in total. The number of rotatable bonds is 9. The summed E-state index contributed by atoms with van der Waals surface area (Å²) in [7, 11) is 5.74. The fraction of sp³-hybridized carbons (Fsp3) is 0.357. The molecule has 5 rings (SSSR count). The molecule has 8 heteroatoms. The number of nitrogens with one attached hydrogen (secondary N) is 2. The number of aromatic nitrogens is 3. The number of hydrogen-bond donors (Lipinski definition) is 3. The van der Waals surface area contributed by atoms with Crippen LogP contribution in [0.1, 0.15) is 24.5 Å². The van der Waals surface area contributed by atoms with E-state index in [9.17, 15) is 0 Å². The second-order valence-electron chi connectivity index (χ2n) is 9.57. The number of nitrogens with two attached hydrogens (primary N) is 1. The quantitative estimate of drug-likeness (QED) is 0.290. The van der Waals surface area contributed by atoms with Crippen molar-refractivity contribution in [1.82, 2.24) is 19.4 Å². The third-order valence-corrected chi connectivity index (χ3v) is 6.82. The summed E-state index contributed by atoms with van der Waals surface area (Å²) in [5.41, 5.74) is 14.6. The SMILES string of the molecule is CCc1cnc(Nc2cc(N)c(NCCN(C)C)cc2OC)nc1-c1cn2c3c(cccc13)CCC2. The van der Waals surface area contributed by atoms with Gasteiger partial charge < -0.3 is 30.6 Å². The lowest BCUT2D eigenvalue weighted by Crippen LogP contribution is -2.21. The van der Waals surface area contributed by atoms with Gasteiger partial charge in [-0.15, -0.1) is 0 Å². The van der Waals surface area contributed by atoms with Gasteiger partial charge >= 0.3 is 0 Å². The number of para-hydroxylation sites is 1. The van der Waals surface area contributed by atoms with E-state index in [1.807, 2.05) is 32.4 Å². The van der Waals surface area contributed by atoms with Crippen molar-refractivity contribution in [2.24, 2.45) is 0 Å². The third-order valence-electron chi connectivity index (χ3n) is 6.82. The van der Waals surface area contributed by atoms with Crippen molar-refractivity contribution in [1.29, 1.82) is 0 Å². The first kappa shape index (κ1) is 23.9. The number of benzene rings is 2. The van der Waals surface area contributed by atoms with Gasteiger partial charge in [-0.25, -0.2) is 9.97 Å². The van der Waals surface area contributed by atoms with Gasteiger partial charge in [-0.3, -0.25) is 0 Å². The summed E-state index contributed by atoms with van der Waals surface area (Å²) in [6, 6.07) is 10.4. The third kappa shape index (κ3) is 4.56. The number of ether oxygens (including phenoxy) is 1. The maximum Gasteiger partial charge on any atom is 0.227 e. The summed E-state index contributed by atoms with van der Waals surface area (Å²) in [6.45, 7) is 4.87. The van der Waals surface area contributed by atoms with Gasteiger partial charge in [0, 0.05) is 49.0 Å². The average molecular weight is 486 g/mol. The fourth-order valence-corrected chi connectivity index (χ4v) is 4.95. The molecule has 2 aromatic carbocycles. The second kappa shape index (κ2) is 10.1. The van der Waals surface area contributed by atoms with Gasteiger partial charge in [0.05, 0.1) is 35.4 Å². The molecule has 2 aromatic heterocycles. The monoisotopic (exact) mass is 485 g/mol. The second-order valence-corrected chi connectivity index (χ2v) is 9.57. The highest BCUT2D eigenvalue weighted by atomic mass is 16.5. The summed E-state index contributed by atoms with van der Waals surface area (Å²) >= 11 is 0. The molecule has 0 saturated carbocycles. The maximum absolute atomic E-state index is 6.37. The van der Waals surface area contributed by atoms with Gasteiger partial charge in [-0.05, 0) is 50.6 Å². The number of hydrogen-bond acceptors (Lipinski definition) is 7. The van der Waals surface area contributed by atoms with Crippen molar-refractivity contribution in [3.8, 4) is 17.0 Å². The predicted molar refractivity (Wildman–Crippen MR) is 148 cm³/mol. The van der Waals surface area contributed by atoms with Gasteiger partial charge in [0.2, 0.25) is 5.95 Å². The molecule has 0 saturated heterocycles. The van der Waals surface area contributed by atoms with E-state index >= 15 is 0 Å². The summed E-state index contributed by atoms with van der Waals surface area (Å²) in [5, 5.41) is 7.98. The average Bonchev–Trinajstić information content (AvgIpc) is 3.25. The molecule has 36 heavy (non-hydrogen) atoms. The number of nitrogen functional groups attached to an aromatic ring is 1. The van der Waals surface area contributed by atoms with Crippen LogP contribution in [0.3, 0.4) is 0 Å². The van der Waals surface area contributed by atoms with Crippen LogP contribution in [0.25, 0.3) is 22.2 Å². The van der Waals surface area contributed by atoms with Crippen molar-refractivity contribution in [3.05, 3.63) is 53.9 Å². The van der Waals surface area contributed by atoms with E-state index in [1.54, 1.807) is 7.11 Å². The van der Waals surface area contributed by atoms with Gasteiger partial charge in [0.15, 0.2) is 0 Å². The van der Waals surface area contributed by atoms with Crippen LogP contribution in [0, 0.1) is 0 Å². The molecular weight excluding hydrogens is 450 g/mol. The standard InChI is InChI=1S/C28H35N7O/c1-5-18-16-31-28(32-24-14-22(29)23(15-25(24)36-4)30-11-13-34(2)3)33-26(18)21-17-35-12-7-9-19-8-6-10-20(21)27(19)35/h6,8,10,14-17,30H,5,7,9,11-13,29H2,1-4H3,(H,31,32,33). The first-order valence-electron chi connectivity index (χ1n) is 12.6. The summed E-state index contributed by atoms with van der Waals surface area (Å²) < 4.78 is 8.05. The van der Waals surface area contributed by atoms with Crippen LogP contribution < -0.4 is 21.1 Å².